The van der Waals surface area contributed by atoms with Crippen LogP contribution in [0.15, 0.2) is 115 Å². The third kappa shape index (κ3) is 4.05. The summed E-state index contributed by atoms with van der Waals surface area (Å²) in [6.45, 7) is 5.11. The molecule has 3 heteroatoms. The van der Waals surface area contributed by atoms with Gasteiger partial charge in [-0.1, -0.05) is 98.8 Å². The average Bonchev–Trinajstić information content (AvgIpc) is 3.92. The van der Waals surface area contributed by atoms with Gasteiger partial charge < -0.3 is 9.05 Å². The van der Waals surface area contributed by atoms with Gasteiger partial charge in [-0.05, 0) is 209 Å². The summed E-state index contributed by atoms with van der Waals surface area (Å²) in [5.74, 6) is 5.50. The van der Waals surface area contributed by atoms with Crippen LogP contribution < -0.4 is 10.9 Å². The van der Waals surface area contributed by atoms with Gasteiger partial charge in [0.1, 0.15) is 0 Å². The Kier molecular flexibility index (Phi) is 6.16. The van der Waals surface area contributed by atoms with Crippen LogP contribution in [0.25, 0.3) is 82.3 Å². The molecular formula is C63H55BN2. The standard InChI is InChI=1S/C63H55BN2/c1-61(2)52-12-6-5-10-44(52)48-27-49-51-26-42(63-31-37-21-38(32-63)23-39(22-37)33-63)25-50-47-24-41(62-28-34-18-35(29-62)20-36(19-34)30-62)15-17-54(47)66(58(50)51)64-53-13-7-11-45-46-16-14-40-8-3-4-9-43(40)57(46)65(59(45)53)60(55(48)61)56(49)64/h3-17,24-27,34-39H,18-23,28-33H2,1-2H3. The molecule has 0 atom stereocenters. The molecule has 8 saturated carbocycles. The highest BCUT2D eigenvalue weighted by Gasteiger charge is 2.55. The minimum atomic E-state index is -0.178. The number of fused-ring (bicyclic) bond motifs is 16. The molecule has 0 radical (unpaired) electrons. The first-order valence-electron chi connectivity index (χ1n) is 26.2. The van der Waals surface area contributed by atoms with E-state index in [0.717, 1.165) is 35.5 Å². The second-order valence-corrected chi connectivity index (χ2v) is 24.9. The molecule has 320 valence electrons. The zero-order chi connectivity index (χ0) is 42.7. The fraction of sp³-hybridized carbons (Fsp3) is 0.365. The molecule has 0 N–H and O–H groups in total. The third-order valence-electron chi connectivity index (χ3n) is 21.1. The maximum Gasteiger partial charge on any atom is 0.333 e. The highest BCUT2D eigenvalue weighted by Crippen LogP contribution is 2.64. The van der Waals surface area contributed by atoms with Gasteiger partial charge in [0, 0.05) is 54.6 Å². The van der Waals surface area contributed by atoms with E-state index in [-0.39, 0.29) is 12.3 Å². The fourth-order valence-electron chi connectivity index (χ4n) is 19.6. The first-order valence-corrected chi connectivity index (χ1v) is 26.2. The van der Waals surface area contributed by atoms with E-state index in [1.807, 2.05) is 0 Å². The van der Waals surface area contributed by atoms with E-state index < -0.39 is 0 Å². The van der Waals surface area contributed by atoms with Crippen LogP contribution in [-0.4, -0.2) is 15.9 Å². The minimum absolute atomic E-state index is 0.0647. The summed E-state index contributed by atoms with van der Waals surface area (Å²) in [6, 6.07) is 47.2. The Labute approximate surface area is 387 Å². The van der Waals surface area contributed by atoms with Crippen LogP contribution in [0.3, 0.4) is 0 Å². The van der Waals surface area contributed by atoms with Gasteiger partial charge in [0.15, 0.2) is 0 Å². The summed E-state index contributed by atoms with van der Waals surface area (Å²) in [5, 5.41) is 8.48. The molecule has 2 nitrogen and oxygen atoms in total. The van der Waals surface area contributed by atoms with Crippen molar-refractivity contribution in [1.29, 1.82) is 0 Å². The first-order chi connectivity index (χ1) is 32.3. The van der Waals surface area contributed by atoms with Crippen LogP contribution >= 0.6 is 0 Å². The molecule has 0 saturated heterocycles. The van der Waals surface area contributed by atoms with Crippen molar-refractivity contribution < 1.29 is 0 Å². The predicted octanol–water partition coefficient (Wildman–Crippen LogP) is 14.2. The molecule has 0 amide bonds. The molecule has 9 aromatic rings. The van der Waals surface area contributed by atoms with E-state index in [1.54, 1.807) is 11.1 Å². The number of para-hydroxylation sites is 1. The van der Waals surface area contributed by atoms with E-state index in [1.165, 1.54) is 181 Å². The highest BCUT2D eigenvalue weighted by atomic mass is 15.0. The van der Waals surface area contributed by atoms with Gasteiger partial charge in [-0.2, -0.15) is 0 Å². The summed E-state index contributed by atoms with van der Waals surface area (Å²) in [5.41, 5.74) is 22.8. The molecule has 20 rings (SSSR count). The number of rotatable bonds is 2. The van der Waals surface area contributed by atoms with E-state index in [0.29, 0.717) is 10.8 Å². The molecule has 2 aliphatic heterocycles. The van der Waals surface area contributed by atoms with Gasteiger partial charge in [-0.3, -0.25) is 0 Å². The zero-order valence-corrected chi connectivity index (χ0v) is 38.4. The van der Waals surface area contributed by atoms with Crippen molar-refractivity contribution >= 4 is 72.2 Å². The van der Waals surface area contributed by atoms with E-state index in [2.05, 4.69) is 138 Å². The summed E-state index contributed by atoms with van der Waals surface area (Å²) in [6.07, 6.45) is 17.3. The van der Waals surface area contributed by atoms with Gasteiger partial charge in [-0.15, -0.1) is 0 Å². The topological polar surface area (TPSA) is 9.86 Å². The first kappa shape index (κ1) is 35.6. The van der Waals surface area contributed by atoms with Gasteiger partial charge in [0.05, 0.1) is 11.0 Å². The smallest absolute Gasteiger partial charge is 0.333 e. The van der Waals surface area contributed by atoms with Crippen molar-refractivity contribution in [2.45, 2.75) is 107 Å². The van der Waals surface area contributed by atoms with Crippen LogP contribution in [0, 0.1) is 35.5 Å². The quantitative estimate of drug-likeness (QED) is 0.153. The second kappa shape index (κ2) is 11.4. The molecule has 9 aliphatic carbocycles. The second-order valence-electron chi connectivity index (χ2n) is 24.9. The maximum absolute atomic E-state index is 2.91. The molecule has 8 bridgehead atoms. The van der Waals surface area contributed by atoms with Crippen molar-refractivity contribution in [2.75, 3.05) is 0 Å². The Bertz CT molecular complexity index is 3710. The normalized spacial score (nSPS) is 30.7. The fourth-order valence-corrected chi connectivity index (χ4v) is 19.6. The predicted molar refractivity (Wildman–Crippen MR) is 274 cm³/mol. The molecule has 0 spiro atoms. The lowest BCUT2D eigenvalue weighted by Crippen LogP contribution is -2.56. The molecule has 2 aromatic heterocycles. The lowest BCUT2D eigenvalue weighted by molar-refractivity contribution is -0.00527. The lowest BCUT2D eigenvalue weighted by Gasteiger charge is -2.57. The number of hydrogen-bond donors (Lipinski definition) is 0. The number of nitrogens with zero attached hydrogens (tertiary/aromatic N) is 2. The number of benzene rings is 7. The Morgan fingerprint density at radius 3 is 1.85 bits per heavy atom. The van der Waals surface area contributed by atoms with Crippen LogP contribution in [0.2, 0.25) is 0 Å². The van der Waals surface area contributed by atoms with Crippen LogP contribution in [-0.2, 0) is 16.2 Å². The van der Waals surface area contributed by atoms with Crippen molar-refractivity contribution in [3.05, 3.63) is 138 Å². The Balaban J connectivity index is 1.02. The molecule has 0 unspecified atom stereocenters. The molecular weight excluding hydrogens is 796 g/mol. The van der Waals surface area contributed by atoms with Gasteiger partial charge in [-0.25, -0.2) is 0 Å². The lowest BCUT2D eigenvalue weighted by atomic mass is 9.44. The van der Waals surface area contributed by atoms with Gasteiger partial charge >= 0.3 is 6.85 Å². The van der Waals surface area contributed by atoms with Crippen LogP contribution in [0.1, 0.15) is 113 Å². The molecule has 7 aromatic carbocycles. The summed E-state index contributed by atoms with van der Waals surface area (Å²) in [7, 11) is 0. The minimum Gasteiger partial charge on any atom is -0.375 e. The average molecular weight is 851 g/mol. The van der Waals surface area contributed by atoms with E-state index in [9.17, 15) is 0 Å². The Morgan fingerprint density at radius 1 is 0.470 bits per heavy atom. The van der Waals surface area contributed by atoms with Crippen LogP contribution in [0.4, 0.5) is 0 Å². The van der Waals surface area contributed by atoms with Gasteiger partial charge in [0.25, 0.3) is 0 Å². The molecule has 4 heterocycles. The Hall–Kier alpha value is -5.54. The number of aromatic nitrogens is 2. The van der Waals surface area contributed by atoms with Crippen molar-refractivity contribution in [1.82, 2.24) is 9.05 Å². The van der Waals surface area contributed by atoms with Crippen molar-refractivity contribution in [3.63, 3.8) is 0 Å². The van der Waals surface area contributed by atoms with Crippen molar-refractivity contribution in [3.8, 4) is 27.9 Å². The van der Waals surface area contributed by atoms with E-state index >= 15 is 0 Å². The SMILES string of the molecule is CC1(C)c2ccccc2-c2cc3c4c(c21)-n1c2c(cccc2c2ccc5ccccc5c21)B4n1c2ccc(C45CC6CC(CC(C6)C4)C5)cc2c2cc(C45CC6CC(CC(C6)C4)C5)cc-3c21. The summed E-state index contributed by atoms with van der Waals surface area (Å²) < 4.78 is 5.72. The van der Waals surface area contributed by atoms with Crippen molar-refractivity contribution in [2.24, 2.45) is 35.5 Å². The molecule has 66 heavy (non-hydrogen) atoms. The summed E-state index contributed by atoms with van der Waals surface area (Å²) >= 11 is 0. The molecule has 11 aliphatic rings. The van der Waals surface area contributed by atoms with Crippen LogP contribution in [0.5, 0.6) is 0 Å². The number of hydrogen-bond acceptors (Lipinski definition) is 0. The monoisotopic (exact) mass is 850 g/mol. The van der Waals surface area contributed by atoms with E-state index in [4.69, 9.17) is 0 Å². The third-order valence-corrected chi connectivity index (χ3v) is 21.1. The summed E-state index contributed by atoms with van der Waals surface area (Å²) in [4.78, 5) is 0. The highest BCUT2D eigenvalue weighted by molar-refractivity contribution is 6.90. The Morgan fingerprint density at radius 2 is 1.11 bits per heavy atom. The van der Waals surface area contributed by atoms with Gasteiger partial charge in [0.2, 0.25) is 0 Å². The largest absolute Gasteiger partial charge is 0.375 e. The zero-order valence-electron chi connectivity index (χ0n) is 38.4. The maximum atomic E-state index is 2.91. The molecule has 8 fully saturated rings.